The van der Waals surface area contributed by atoms with Gasteiger partial charge in [0.15, 0.2) is 5.16 Å². The molecule has 0 fully saturated rings. The third-order valence-corrected chi connectivity index (χ3v) is 3.88. The lowest BCUT2D eigenvalue weighted by molar-refractivity contribution is -0.119. The molecule has 0 aliphatic rings. The van der Waals surface area contributed by atoms with Gasteiger partial charge >= 0.3 is 0 Å². The molecule has 20 heavy (non-hydrogen) atoms. The minimum absolute atomic E-state index is 0.0419. The van der Waals surface area contributed by atoms with Gasteiger partial charge in [0, 0.05) is 17.8 Å². The third-order valence-electron chi connectivity index (χ3n) is 3.01. The van der Waals surface area contributed by atoms with Crippen molar-refractivity contribution < 1.29 is 4.79 Å². The third kappa shape index (κ3) is 5.77. The number of hydrogen-bond acceptors (Lipinski definition) is 4. The van der Waals surface area contributed by atoms with Crippen LogP contribution in [0.1, 0.15) is 39.8 Å². The molecule has 5 nitrogen and oxygen atoms in total. The minimum atomic E-state index is -0.165. The van der Waals surface area contributed by atoms with Crippen LogP contribution >= 0.6 is 11.8 Å². The van der Waals surface area contributed by atoms with Gasteiger partial charge in [0.1, 0.15) is 0 Å². The average molecular weight is 297 g/mol. The number of amides is 1. The number of H-pyrrole nitrogens is 1. The van der Waals surface area contributed by atoms with Crippen molar-refractivity contribution in [1.29, 1.82) is 0 Å². The molecule has 2 N–H and O–H groups in total. The zero-order valence-electron chi connectivity index (χ0n) is 12.5. The highest BCUT2D eigenvalue weighted by atomic mass is 32.2. The fraction of sp³-hybridized carbons (Fsp3) is 0.643. The Morgan fingerprint density at radius 3 is 2.75 bits per heavy atom. The maximum atomic E-state index is 11.8. The topological polar surface area (TPSA) is 74.8 Å². The molecule has 0 saturated heterocycles. The molecule has 0 radical (unpaired) electrons. The van der Waals surface area contributed by atoms with E-state index < -0.39 is 0 Å². The lowest BCUT2D eigenvalue weighted by atomic mass is 10.1. The van der Waals surface area contributed by atoms with Crippen LogP contribution in [0.25, 0.3) is 0 Å². The molecule has 112 valence electrons. The monoisotopic (exact) mass is 297 g/mol. The lowest BCUT2D eigenvalue weighted by Gasteiger charge is -2.17. The second-order valence-corrected chi connectivity index (χ2v) is 6.14. The Morgan fingerprint density at radius 1 is 1.45 bits per heavy atom. The summed E-state index contributed by atoms with van der Waals surface area (Å²) in [5, 5.41) is 3.43. The van der Waals surface area contributed by atoms with Gasteiger partial charge in [-0.05, 0) is 19.3 Å². The summed E-state index contributed by atoms with van der Waals surface area (Å²) in [7, 11) is 0. The van der Waals surface area contributed by atoms with Gasteiger partial charge in [-0.3, -0.25) is 9.59 Å². The molecule has 1 rings (SSSR count). The van der Waals surface area contributed by atoms with Crippen LogP contribution < -0.4 is 10.9 Å². The molecule has 0 aromatic carbocycles. The van der Waals surface area contributed by atoms with E-state index in [1.54, 1.807) is 0 Å². The Morgan fingerprint density at radius 2 is 2.15 bits per heavy atom. The second kappa shape index (κ2) is 8.09. The Hall–Kier alpha value is -1.30. The molecule has 0 unspecified atom stereocenters. The molecule has 1 heterocycles. The van der Waals surface area contributed by atoms with E-state index in [-0.39, 0.29) is 23.3 Å². The molecule has 0 aliphatic carbocycles. The van der Waals surface area contributed by atoms with E-state index in [4.69, 9.17) is 0 Å². The zero-order chi connectivity index (χ0) is 15.1. The number of carbonyl (C=O) groups excluding carboxylic acids is 1. The first kappa shape index (κ1) is 16.8. The maximum Gasteiger partial charge on any atom is 0.251 e. The number of aryl methyl sites for hydroxylation is 1. The highest BCUT2D eigenvalue weighted by molar-refractivity contribution is 7.99. The van der Waals surface area contributed by atoms with Crippen LogP contribution in [0, 0.1) is 5.92 Å². The first-order valence-electron chi connectivity index (χ1n) is 6.94. The second-order valence-electron chi connectivity index (χ2n) is 5.18. The van der Waals surface area contributed by atoms with E-state index in [9.17, 15) is 9.59 Å². The highest BCUT2D eigenvalue weighted by Gasteiger charge is 2.11. The predicted molar refractivity (Wildman–Crippen MR) is 82.0 cm³/mol. The summed E-state index contributed by atoms with van der Waals surface area (Å²) in [6, 6.07) is 1.65. The predicted octanol–water partition coefficient (Wildman–Crippen LogP) is 1.98. The number of nitrogens with one attached hydrogen (secondary N) is 2. The number of hydrogen-bond donors (Lipinski definition) is 2. The Bertz CT molecular complexity index is 499. The fourth-order valence-electron chi connectivity index (χ4n) is 1.53. The smallest absolute Gasteiger partial charge is 0.251 e. The molecule has 1 aromatic heterocycles. The van der Waals surface area contributed by atoms with Crippen molar-refractivity contribution in [3.63, 3.8) is 0 Å². The Balaban J connectivity index is 2.57. The van der Waals surface area contributed by atoms with Crippen LogP contribution in [-0.2, 0) is 11.2 Å². The summed E-state index contributed by atoms with van der Waals surface area (Å²) in [5.41, 5.74) is 0.608. The van der Waals surface area contributed by atoms with Gasteiger partial charge in [-0.25, -0.2) is 4.98 Å². The molecule has 1 amide bonds. The van der Waals surface area contributed by atoms with Crippen LogP contribution in [0.2, 0.25) is 0 Å². The van der Waals surface area contributed by atoms with Gasteiger partial charge in [-0.2, -0.15) is 0 Å². The molecular formula is C14H23N3O2S. The highest BCUT2D eigenvalue weighted by Crippen LogP contribution is 2.12. The molecule has 0 saturated carbocycles. The van der Waals surface area contributed by atoms with Crippen molar-refractivity contribution in [1.82, 2.24) is 15.3 Å². The summed E-state index contributed by atoms with van der Waals surface area (Å²) in [6.45, 7) is 8.14. The fourth-order valence-corrected chi connectivity index (χ4v) is 2.24. The van der Waals surface area contributed by atoms with Gasteiger partial charge in [0.05, 0.1) is 5.75 Å². The Labute approximate surface area is 124 Å². The van der Waals surface area contributed by atoms with E-state index in [0.29, 0.717) is 11.1 Å². The molecule has 0 spiro atoms. The number of carbonyl (C=O) groups is 1. The minimum Gasteiger partial charge on any atom is -0.353 e. The summed E-state index contributed by atoms with van der Waals surface area (Å²) >= 11 is 1.26. The lowest BCUT2D eigenvalue weighted by Crippen LogP contribution is -2.37. The van der Waals surface area contributed by atoms with Crippen LogP contribution in [0.15, 0.2) is 16.0 Å². The maximum absolute atomic E-state index is 11.8. The number of aromatic nitrogens is 2. The van der Waals surface area contributed by atoms with Crippen LogP contribution in [0.3, 0.4) is 0 Å². The van der Waals surface area contributed by atoms with E-state index in [1.807, 2.05) is 13.8 Å². The summed E-state index contributed by atoms with van der Waals surface area (Å²) in [5.74, 6) is 0.616. The van der Waals surface area contributed by atoms with E-state index in [1.165, 1.54) is 17.8 Å². The molecule has 6 heteroatoms. The van der Waals surface area contributed by atoms with Crippen molar-refractivity contribution in [3.8, 4) is 0 Å². The largest absolute Gasteiger partial charge is 0.353 e. The zero-order valence-corrected chi connectivity index (χ0v) is 13.3. The normalized spacial score (nSPS) is 12.4. The van der Waals surface area contributed by atoms with Gasteiger partial charge in [-0.1, -0.05) is 39.0 Å². The molecule has 1 aromatic rings. The van der Waals surface area contributed by atoms with Crippen molar-refractivity contribution in [2.24, 2.45) is 5.92 Å². The first-order valence-corrected chi connectivity index (χ1v) is 7.93. The molecule has 1 atom stereocenters. The summed E-state index contributed by atoms with van der Waals surface area (Å²) < 4.78 is 0. The van der Waals surface area contributed by atoms with Crippen molar-refractivity contribution in [2.75, 3.05) is 5.75 Å². The Kier molecular flexibility index (Phi) is 6.78. The number of rotatable bonds is 7. The van der Waals surface area contributed by atoms with E-state index >= 15 is 0 Å². The summed E-state index contributed by atoms with van der Waals surface area (Å²) in [4.78, 5) is 30.3. The quantitative estimate of drug-likeness (QED) is 0.596. The molecule has 0 aliphatic heterocycles. The number of nitrogens with zero attached hydrogens (tertiary/aromatic N) is 1. The molecular weight excluding hydrogens is 274 g/mol. The number of aromatic amines is 1. The van der Waals surface area contributed by atoms with Crippen LogP contribution in [-0.4, -0.2) is 27.7 Å². The van der Waals surface area contributed by atoms with Crippen molar-refractivity contribution in [3.05, 3.63) is 22.1 Å². The average Bonchev–Trinajstić information content (AvgIpc) is 2.36. The van der Waals surface area contributed by atoms with E-state index in [0.717, 1.165) is 18.5 Å². The molecule has 0 bridgehead atoms. The van der Waals surface area contributed by atoms with Gasteiger partial charge in [-0.15, -0.1) is 0 Å². The van der Waals surface area contributed by atoms with Crippen LogP contribution in [0.5, 0.6) is 0 Å². The van der Waals surface area contributed by atoms with Gasteiger partial charge < -0.3 is 10.3 Å². The standard InChI is InChI=1S/C14H23N3O2S/c1-5-6-11-7-12(18)17-14(16-11)20-8-13(19)15-10(4)9(2)3/h7,9-10H,5-6,8H2,1-4H3,(H,15,19)(H,16,17,18)/t10-/m1/s1. The van der Waals surface area contributed by atoms with Crippen molar-refractivity contribution >= 4 is 17.7 Å². The van der Waals surface area contributed by atoms with E-state index in [2.05, 4.69) is 29.1 Å². The van der Waals surface area contributed by atoms with Crippen LogP contribution in [0.4, 0.5) is 0 Å². The number of thioether (sulfide) groups is 1. The SMILES string of the molecule is CCCc1cc(=O)[nH]c(SCC(=O)N[C@H](C)C(C)C)n1. The summed E-state index contributed by atoms with van der Waals surface area (Å²) in [6.07, 6.45) is 1.71. The first-order chi connectivity index (χ1) is 9.42. The van der Waals surface area contributed by atoms with Gasteiger partial charge in [0.2, 0.25) is 5.91 Å². The van der Waals surface area contributed by atoms with Crippen molar-refractivity contribution in [2.45, 2.75) is 51.7 Å². The van der Waals surface area contributed by atoms with Gasteiger partial charge in [0.25, 0.3) is 5.56 Å².